The third kappa shape index (κ3) is 3.34. The van der Waals surface area contributed by atoms with Crippen LogP contribution in [-0.4, -0.2) is 25.3 Å². The Balaban J connectivity index is 2.57. The van der Waals surface area contributed by atoms with E-state index < -0.39 is 10.0 Å². The molecule has 2 aromatic rings. The van der Waals surface area contributed by atoms with Crippen molar-refractivity contribution in [2.75, 3.05) is 11.8 Å². The van der Waals surface area contributed by atoms with Crippen LogP contribution in [0.2, 0.25) is 0 Å². The molecule has 0 atom stereocenters. The van der Waals surface area contributed by atoms with Gasteiger partial charge in [-0.25, -0.2) is 8.42 Å². The number of benzene rings is 1. The van der Waals surface area contributed by atoms with Crippen LogP contribution in [0.25, 0.3) is 0 Å². The molecule has 0 saturated carbocycles. The molecule has 23 heavy (non-hydrogen) atoms. The van der Waals surface area contributed by atoms with Crippen molar-refractivity contribution in [3.05, 3.63) is 35.0 Å². The second-order valence-electron chi connectivity index (χ2n) is 5.92. The highest BCUT2D eigenvalue weighted by atomic mass is 32.2. The number of nitrogens with one attached hydrogen (secondary N) is 1. The number of aromatic nitrogens is 2. The van der Waals surface area contributed by atoms with Gasteiger partial charge in [0.2, 0.25) is 0 Å². The molecule has 126 valence electrons. The van der Waals surface area contributed by atoms with Gasteiger partial charge in [0.15, 0.2) is 0 Å². The van der Waals surface area contributed by atoms with E-state index in [0.717, 1.165) is 16.7 Å². The number of rotatable bonds is 5. The molecule has 0 fully saturated rings. The molecule has 6 nitrogen and oxygen atoms in total. The Bertz CT molecular complexity index is 804. The van der Waals surface area contributed by atoms with E-state index in [1.54, 1.807) is 32.5 Å². The molecule has 1 aromatic carbocycles. The molecule has 0 saturated heterocycles. The molecule has 7 heteroatoms. The summed E-state index contributed by atoms with van der Waals surface area (Å²) in [5.74, 6) is 1.20. The first-order valence-electron chi connectivity index (χ1n) is 7.37. The second kappa shape index (κ2) is 6.23. The zero-order valence-corrected chi connectivity index (χ0v) is 15.2. The fourth-order valence-corrected chi connectivity index (χ4v) is 4.05. The monoisotopic (exact) mass is 337 g/mol. The number of ether oxygens (including phenoxy) is 1. The van der Waals surface area contributed by atoms with Gasteiger partial charge in [-0.1, -0.05) is 13.8 Å². The average molecular weight is 337 g/mol. The third-order valence-electron chi connectivity index (χ3n) is 3.79. The van der Waals surface area contributed by atoms with Crippen molar-refractivity contribution in [2.45, 2.75) is 38.5 Å². The van der Waals surface area contributed by atoms with Gasteiger partial charge >= 0.3 is 0 Å². The van der Waals surface area contributed by atoms with Crippen LogP contribution in [0.15, 0.2) is 23.2 Å². The number of nitrogens with zero attached hydrogens (tertiary/aromatic N) is 2. The van der Waals surface area contributed by atoms with Crippen molar-refractivity contribution in [3.8, 4) is 5.75 Å². The van der Waals surface area contributed by atoms with Crippen molar-refractivity contribution < 1.29 is 13.2 Å². The Morgan fingerprint density at radius 2 is 1.87 bits per heavy atom. The van der Waals surface area contributed by atoms with E-state index in [2.05, 4.69) is 9.82 Å². The van der Waals surface area contributed by atoms with Gasteiger partial charge in [-0.15, -0.1) is 0 Å². The molecule has 0 amide bonds. The molecule has 0 aliphatic rings. The van der Waals surface area contributed by atoms with E-state index >= 15 is 0 Å². The number of hydrogen-bond acceptors (Lipinski definition) is 4. The highest BCUT2D eigenvalue weighted by molar-refractivity contribution is 7.92. The van der Waals surface area contributed by atoms with E-state index in [1.165, 1.54) is 4.68 Å². The van der Waals surface area contributed by atoms with Crippen molar-refractivity contribution in [1.82, 2.24) is 9.78 Å². The van der Waals surface area contributed by atoms with Crippen molar-refractivity contribution in [3.63, 3.8) is 0 Å². The van der Waals surface area contributed by atoms with Crippen molar-refractivity contribution in [2.24, 2.45) is 7.05 Å². The van der Waals surface area contributed by atoms with Crippen LogP contribution in [0.5, 0.6) is 5.75 Å². The average Bonchev–Trinajstić information content (AvgIpc) is 2.78. The van der Waals surface area contributed by atoms with Gasteiger partial charge in [-0.3, -0.25) is 9.40 Å². The second-order valence-corrected chi connectivity index (χ2v) is 7.57. The lowest BCUT2D eigenvalue weighted by atomic mass is 10.0. The Hall–Kier alpha value is -2.02. The Kier molecular flexibility index (Phi) is 4.70. The highest BCUT2D eigenvalue weighted by Gasteiger charge is 2.24. The lowest BCUT2D eigenvalue weighted by molar-refractivity contribution is 0.410. The van der Waals surface area contributed by atoms with Crippen LogP contribution in [0.4, 0.5) is 5.82 Å². The van der Waals surface area contributed by atoms with Gasteiger partial charge in [0, 0.05) is 12.6 Å². The largest absolute Gasteiger partial charge is 0.496 e. The molecule has 0 aliphatic carbocycles. The van der Waals surface area contributed by atoms with Crippen molar-refractivity contribution in [1.29, 1.82) is 0 Å². The lowest BCUT2D eigenvalue weighted by Gasteiger charge is -2.18. The Morgan fingerprint density at radius 3 is 2.35 bits per heavy atom. The summed E-state index contributed by atoms with van der Waals surface area (Å²) >= 11 is 0. The van der Waals surface area contributed by atoms with Crippen LogP contribution < -0.4 is 9.46 Å². The minimum Gasteiger partial charge on any atom is -0.496 e. The van der Waals surface area contributed by atoms with Gasteiger partial charge in [0.05, 0.1) is 18.2 Å². The minimum absolute atomic E-state index is 0.0451. The molecule has 0 bridgehead atoms. The SMILES string of the molecule is COc1cc(C(C)C)c(S(=O)(=O)Nc2c(C)cnn2C)cc1C. The zero-order valence-electron chi connectivity index (χ0n) is 14.3. The normalized spacial score (nSPS) is 11.8. The maximum Gasteiger partial charge on any atom is 0.263 e. The summed E-state index contributed by atoms with van der Waals surface area (Å²) < 4.78 is 35.2. The number of hydrogen-bond donors (Lipinski definition) is 1. The van der Waals surface area contributed by atoms with Crippen LogP contribution in [0, 0.1) is 13.8 Å². The quantitative estimate of drug-likeness (QED) is 0.910. The van der Waals surface area contributed by atoms with Gasteiger partial charge in [-0.2, -0.15) is 5.10 Å². The molecule has 1 aromatic heterocycles. The maximum atomic E-state index is 12.9. The van der Waals surface area contributed by atoms with E-state index in [9.17, 15) is 8.42 Å². The molecule has 1 heterocycles. The summed E-state index contributed by atoms with van der Waals surface area (Å²) in [5.41, 5.74) is 2.27. The van der Waals surface area contributed by atoms with Crippen molar-refractivity contribution >= 4 is 15.8 Å². The summed E-state index contributed by atoms with van der Waals surface area (Å²) in [7, 11) is -0.435. The predicted octanol–water partition coefficient (Wildman–Crippen LogP) is 2.97. The summed E-state index contributed by atoms with van der Waals surface area (Å²) in [4.78, 5) is 0.270. The van der Waals surface area contributed by atoms with E-state index in [-0.39, 0.29) is 10.8 Å². The molecule has 0 radical (unpaired) electrons. The highest BCUT2D eigenvalue weighted by Crippen LogP contribution is 2.32. The lowest BCUT2D eigenvalue weighted by Crippen LogP contribution is -2.18. The van der Waals surface area contributed by atoms with E-state index in [0.29, 0.717) is 11.6 Å². The van der Waals surface area contributed by atoms with E-state index in [4.69, 9.17) is 4.74 Å². The third-order valence-corrected chi connectivity index (χ3v) is 5.19. The summed E-state index contributed by atoms with van der Waals surface area (Å²) in [6.07, 6.45) is 1.63. The molecular formula is C16H23N3O3S. The van der Waals surface area contributed by atoms with Gasteiger partial charge in [-0.05, 0) is 43.0 Å². The first-order valence-corrected chi connectivity index (χ1v) is 8.85. The molecule has 0 unspecified atom stereocenters. The van der Waals surface area contributed by atoms with Crippen LogP contribution in [0.3, 0.4) is 0 Å². The molecule has 0 spiro atoms. The number of aryl methyl sites for hydroxylation is 3. The van der Waals surface area contributed by atoms with Crippen LogP contribution in [0.1, 0.15) is 36.5 Å². The van der Waals surface area contributed by atoms with Gasteiger partial charge < -0.3 is 4.74 Å². The molecule has 1 N–H and O–H groups in total. The molecule has 0 aliphatic heterocycles. The standard InChI is InChI=1S/C16H23N3O3S/c1-10(2)13-8-14(22-6)11(3)7-15(13)23(20,21)18-16-12(4)9-17-19(16)5/h7-10,18H,1-6H3. The minimum atomic E-state index is -3.72. The summed E-state index contributed by atoms with van der Waals surface area (Å²) in [6, 6.07) is 3.45. The predicted molar refractivity (Wildman–Crippen MR) is 90.6 cm³/mol. The van der Waals surface area contributed by atoms with Gasteiger partial charge in [0.25, 0.3) is 10.0 Å². The van der Waals surface area contributed by atoms with Gasteiger partial charge in [0.1, 0.15) is 11.6 Å². The van der Waals surface area contributed by atoms with E-state index in [1.807, 2.05) is 27.7 Å². The topological polar surface area (TPSA) is 73.2 Å². The molecular weight excluding hydrogens is 314 g/mol. The molecule has 2 rings (SSSR count). The maximum absolute atomic E-state index is 12.9. The fourth-order valence-electron chi connectivity index (χ4n) is 2.46. The smallest absolute Gasteiger partial charge is 0.263 e. The summed E-state index contributed by atoms with van der Waals surface area (Å²) in [5, 5.41) is 4.07. The number of anilines is 1. The van der Waals surface area contributed by atoms with Crippen LogP contribution >= 0.6 is 0 Å². The Labute approximate surface area is 137 Å². The number of sulfonamides is 1. The summed E-state index contributed by atoms with van der Waals surface area (Å²) in [6.45, 7) is 7.56. The first-order chi connectivity index (χ1) is 10.7. The Morgan fingerprint density at radius 1 is 1.22 bits per heavy atom. The number of methoxy groups -OCH3 is 1. The zero-order chi connectivity index (χ0) is 17.4. The first kappa shape index (κ1) is 17.3. The fraction of sp³-hybridized carbons (Fsp3) is 0.438. The van der Waals surface area contributed by atoms with Crippen LogP contribution in [-0.2, 0) is 17.1 Å².